The summed E-state index contributed by atoms with van der Waals surface area (Å²) in [7, 11) is 1.69. The molecule has 0 aromatic rings. The molecule has 0 heterocycles. The van der Waals surface area contributed by atoms with Crippen molar-refractivity contribution < 1.29 is 4.74 Å². The van der Waals surface area contributed by atoms with Gasteiger partial charge < -0.3 is 10.5 Å². The molecule has 0 unspecified atom stereocenters. The molecule has 0 atom stereocenters. The summed E-state index contributed by atoms with van der Waals surface area (Å²) in [5.74, 6) is 0.287. The molecular weight excluding hydrogens is 164 g/mol. The number of methoxy groups -OCH3 is 1. The molecule has 4 heteroatoms. The fourth-order valence-corrected chi connectivity index (χ4v) is 1.26. The number of ether oxygens (including phenoxy) is 1. The summed E-state index contributed by atoms with van der Waals surface area (Å²) in [4.78, 5) is 0. The topological polar surface area (TPSA) is 59.1 Å². The highest BCUT2D eigenvalue weighted by molar-refractivity contribution is 5.85. The highest BCUT2D eigenvalue weighted by Gasteiger charge is 2.42. The van der Waals surface area contributed by atoms with Crippen LogP contribution in [0.15, 0.2) is 0 Å². The molecule has 3 N–H and O–H groups in total. The van der Waals surface area contributed by atoms with Gasteiger partial charge in [0.2, 0.25) is 0 Å². The van der Waals surface area contributed by atoms with Crippen LogP contribution in [-0.4, -0.2) is 19.6 Å². The molecule has 0 bridgehead atoms. The van der Waals surface area contributed by atoms with Crippen LogP contribution in [0.3, 0.4) is 0 Å². The Morgan fingerprint density at radius 1 is 1.64 bits per heavy atom. The molecule has 1 aliphatic rings. The SMILES string of the molecule is COCC1(CC(=N)N)CC1.Cl. The molecule has 1 rings (SSSR count). The number of hydrogen-bond acceptors (Lipinski definition) is 2. The second kappa shape index (κ2) is 3.93. The monoisotopic (exact) mass is 178 g/mol. The fourth-order valence-electron chi connectivity index (χ4n) is 1.26. The van der Waals surface area contributed by atoms with E-state index in [4.69, 9.17) is 15.9 Å². The first kappa shape index (κ1) is 10.7. The van der Waals surface area contributed by atoms with Crippen LogP contribution < -0.4 is 5.73 Å². The lowest BCUT2D eigenvalue weighted by molar-refractivity contribution is 0.144. The number of nitrogens with two attached hydrogens (primary N) is 1. The van der Waals surface area contributed by atoms with E-state index in [1.807, 2.05) is 0 Å². The second-order valence-electron chi connectivity index (χ2n) is 3.14. The maximum absolute atomic E-state index is 7.09. The lowest BCUT2D eigenvalue weighted by Crippen LogP contribution is -2.19. The van der Waals surface area contributed by atoms with Crippen molar-refractivity contribution in [1.82, 2.24) is 0 Å². The largest absolute Gasteiger partial charge is 0.388 e. The Labute approximate surface area is 73.2 Å². The van der Waals surface area contributed by atoms with Crippen LogP contribution in [0.1, 0.15) is 19.3 Å². The van der Waals surface area contributed by atoms with Crippen molar-refractivity contribution in [2.24, 2.45) is 11.1 Å². The van der Waals surface area contributed by atoms with Crippen molar-refractivity contribution in [2.75, 3.05) is 13.7 Å². The first-order chi connectivity index (χ1) is 4.68. The van der Waals surface area contributed by atoms with E-state index in [2.05, 4.69) is 0 Å². The average Bonchev–Trinajstić information content (AvgIpc) is 2.47. The summed E-state index contributed by atoms with van der Waals surface area (Å²) >= 11 is 0. The van der Waals surface area contributed by atoms with Gasteiger partial charge in [0.25, 0.3) is 0 Å². The minimum Gasteiger partial charge on any atom is -0.388 e. The van der Waals surface area contributed by atoms with Gasteiger partial charge in [-0.15, -0.1) is 12.4 Å². The number of nitrogens with one attached hydrogen (secondary N) is 1. The molecule has 1 fully saturated rings. The molecule has 66 valence electrons. The smallest absolute Gasteiger partial charge is 0.0911 e. The fraction of sp³-hybridized carbons (Fsp3) is 0.857. The summed E-state index contributed by atoms with van der Waals surface area (Å²) in [6.45, 7) is 0.757. The van der Waals surface area contributed by atoms with Gasteiger partial charge in [-0.25, -0.2) is 0 Å². The predicted octanol–water partition coefficient (Wildman–Crippen LogP) is 1.16. The van der Waals surface area contributed by atoms with Gasteiger partial charge in [-0.2, -0.15) is 0 Å². The molecule has 1 saturated carbocycles. The number of rotatable bonds is 4. The van der Waals surface area contributed by atoms with Gasteiger partial charge in [0.15, 0.2) is 0 Å². The molecule has 3 nitrogen and oxygen atoms in total. The number of hydrogen-bond donors (Lipinski definition) is 2. The molecule has 0 amide bonds. The number of amidine groups is 1. The van der Waals surface area contributed by atoms with Crippen molar-refractivity contribution in [3.63, 3.8) is 0 Å². The lowest BCUT2D eigenvalue weighted by Gasteiger charge is -2.11. The Morgan fingerprint density at radius 2 is 2.18 bits per heavy atom. The minimum absolute atomic E-state index is 0. The summed E-state index contributed by atoms with van der Waals surface area (Å²) in [6, 6.07) is 0. The third-order valence-electron chi connectivity index (χ3n) is 1.97. The first-order valence-electron chi connectivity index (χ1n) is 3.50. The van der Waals surface area contributed by atoms with Crippen LogP contribution in [0.4, 0.5) is 0 Å². The third-order valence-corrected chi connectivity index (χ3v) is 1.97. The normalized spacial score (nSPS) is 18.6. The van der Waals surface area contributed by atoms with Gasteiger partial charge in [-0.1, -0.05) is 0 Å². The van der Waals surface area contributed by atoms with E-state index in [1.54, 1.807) is 7.11 Å². The lowest BCUT2D eigenvalue weighted by atomic mass is 10.0. The zero-order valence-electron chi connectivity index (χ0n) is 6.72. The maximum atomic E-state index is 7.09. The molecule has 0 radical (unpaired) electrons. The minimum atomic E-state index is 0. The summed E-state index contributed by atoms with van der Waals surface area (Å²) in [6.07, 6.45) is 3.04. The maximum Gasteiger partial charge on any atom is 0.0911 e. The van der Waals surface area contributed by atoms with Gasteiger partial charge in [0.1, 0.15) is 0 Å². The summed E-state index contributed by atoms with van der Waals surface area (Å²) in [5.41, 5.74) is 5.53. The van der Waals surface area contributed by atoms with Gasteiger partial charge in [0, 0.05) is 18.9 Å². The van der Waals surface area contributed by atoms with E-state index >= 15 is 0 Å². The van der Waals surface area contributed by atoms with Crippen LogP contribution >= 0.6 is 12.4 Å². The molecule has 0 spiro atoms. The van der Waals surface area contributed by atoms with E-state index in [0.717, 1.165) is 6.61 Å². The molecule has 0 aromatic heterocycles. The Hall–Kier alpha value is -0.280. The Balaban J connectivity index is 0.000001000. The highest BCUT2D eigenvalue weighted by Crippen LogP contribution is 2.48. The second-order valence-corrected chi connectivity index (χ2v) is 3.14. The molecule has 1 aliphatic carbocycles. The molecule has 0 saturated heterocycles. The molecule has 0 aliphatic heterocycles. The Bertz CT molecular complexity index is 145. The molecule has 0 aromatic carbocycles. The average molecular weight is 179 g/mol. The van der Waals surface area contributed by atoms with Crippen molar-refractivity contribution in [2.45, 2.75) is 19.3 Å². The van der Waals surface area contributed by atoms with E-state index in [9.17, 15) is 0 Å². The first-order valence-corrected chi connectivity index (χ1v) is 3.50. The van der Waals surface area contributed by atoms with E-state index in [-0.39, 0.29) is 23.7 Å². The van der Waals surface area contributed by atoms with E-state index in [0.29, 0.717) is 6.42 Å². The van der Waals surface area contributed by atoms with Crippen molar-refractivity contribution in [3.05, 3.63) is 0 Å². The van der Waals surface area contributed by atoms with Crippen molar-refractivity contribution in [3.8, 4) is 0 Å². The van der Waals surface area contributed by atoms with E-state index < -0.39 is 0 Å². The predicted molar refractivity (Wildman–Crippen MR) is 47.3 cm³/mol. The highest BCUT2D eigenvalue weighted by atomic mass is 35.5. The van der Waals surface area contributed by atoms with Gasteiger partial charge >= 0.3 is 0 Å². The zero-order valence-corrected chi connectivity index (χ0v) is 7.54. The number of halogens is 1. The third kappa shape index (κ3) is 3.08. The zero-order chi connectivity index (χ0) is 7.61. The van der Waals surface area contributed by atoms with Gasteiger partial charge in [-0.05, 0) is 12.8 Å². The van der Waals surface area contributed by atoms with Crippen LogP contribution in [0, 0.1) is 10.8 Å². The van der Waals surface area contributed by atoms with Crippen LogP contribution in [-0.2, 0) is 4.74 Å². The van der Waals surface area contributed by atoms with Crippen LogP contribution in [0.5, 0.6) is 0 Å². The molecule has 11 heavy (non-hydrogen) atoms. The van der Waals surface area contributed by atoms with Crippen molar-refractivity contribution >= 4 is 18.2 Å². The summed E-state index contributed by atoms with van der Waals surface area (Å²) in [5, 5.41) is 7.09. The Morgan fingerprint density at radius 3 is 2.45 bits per heavy atom. The quantitative estimate of drug-likeness (QED) is 0.502. The van der Waals surface area contributed by atoms with Crippen molar-refractivity contribution in [1.29, 1.82) is 5.41 Å². The van der Waals surface area contributed by atoms with Gasteiger partial charge in [0.05, 0.1) is 12.4 Å². The molecular formula is C7H15ClN2O. The van der Waals surface area contributed by atoms with E-state index in [1.165, 1.54) is 12.8 Å². The van der Waals surface area contributed by atoms with Crippen LogP contribution in [0.25, 0.3) is 0 Å². The standard InChI is InChI=1S/C7H14N2O.ClH/c1-10-5-7(2-3-7)4-6(8)9;/h2-5H2,1H3,(H3,8,9);1H. The Kier molecular flexibility index (Phi) is 3.83. The van der Waals surface area contributed by atoms with Crippen LogP contribution in [0.2, 0.25) is 0 Å². The van der Waals surface area contributed by atoms with Gasteiger partial charge in [-0.3, -0.25) is 5.41 Å². The summed E-state index contributed by atoms with van der Waals surface area (Å²) < 4.78 is 5.02.